The summed E-state index contributed by atoms with van der Waals surface area (Å²) in [4.78, 5) is 23.0. The number of halogens is 1. The topological polar surface area (TPSA) is 55.4 Å². The molecule has 1 aromatic rings. The molecule has 1 N–H and O–H groups in total. The fourth-order valence-electron chi connectivity index (χ4n) is 2.33. The monoisotopic (exact) mass is 319 g/mol. The van der Waals surface area contributed by atoms with E-state index in [1.807, 2.05) is 18.2 Å². The average Bonchev–Trinajstić information content (AvgIpc) is 2.53. The number of rotatable bonds is 4. The van der Waals surface area contributed by atoms with E-state index in [2.05, 4.69) is 16.1 Å². The van der Waals surface area contributed by atoms with Gasteiger partial charge in [-0.15, -0.1) is 0 Å². The minimum absolute atomic E-state index is 0.353. The molecule has 116 valence electrons. The number of methoxy groups -OCH3 is 1. The molecule has 22 heavy (non-hydrogen) atoms. The standard InChI is InChI=1S/C17H18ClNO3/c1-11(17(21)22-2)19-15(20)10-9-13-8-7-12-5-3-4-6-14(12)16(13)18/h3-6,9-11H,7-8H2,1-2H3,(H,19,20)/b10-9+/t11-/m0/s1. The largest absolute Gasteiger partial charge is 0.467 e. The SMILES string of the molecule is COC(=O)[C@H](C)NC(=O)/C=C/C1=C(Cl)c2ccccc2CC1. The van der Waals surface area contributed by atoms with Crippen LogP contribution in [0.5, 0.6) is 0 Å². The first kappa shape index (κ1) is 16.3. The summed E-state index contributed by atoms with van der Waals surface area (Å²) in [6.45, 7) is 1.57. The third-order valence-corrected chi connectivity index (χ3v) is 4.00. The Morgan fingerprint density at radius 1 is 1.32 bits per heavy atom. The lowest BCUT2D eigenvalue weighted by Gasteiger charge is -2.17. The van der Waals surface area contributed by atoms with E-state index in [1.54, 1.807) is 13.0 Å². The lowest BCUT2D eigenvalue weighted by atomic mass is 9.92. The summed E-state index contributed by atoms with van der Waals surface area (Å²) < 4.78 is 4.56. The van der Waals surface area contributed by atoms with Gasteiger partial charge in [-0.2, -0.15) is 0 Å². The number of allylic oxidation sites excluding steroid dienone is 2. The van der Waals surface area contributed by atoms with E-state index in [4.69, 9.17) is 11.6 Å². The molecule has 5 heteroatoms. The van der Waals surface area contributed by atoms with E-state index >= 15 is 0 Å². The van der Waals surface area contributed by atoms with Gasteiger partial charge in [-0.05, 0) is 36.5 Å². The number of hydrogen-bond acceptors (Lipinski definition) is 3. The maximum absolute atomic E-state index is 11.8. The van der Waals surface area contributed by atoms with Gasteiger partial charge in [0.2, 0.25) is 5.91 Å². The highest BCUT2D eigenvalue weighted by Gasteiger charge is 2.17. The van der Waals surface area contributed by atoms with Crippen LogP contribution < -0.4 is 5.32 Å². The first-order valence-corrected chi connectivity index (χ1v) is 7.44. The van der Waals surface area contributed by atoms with Gasteiger partial charge in [0.15, 0.2) is 0 Å². The molecule has 0 heterocycles. The molecule has 0 aromatic heterocycles. The number of aryl methyl sites for hydroxylation is 1. The Kier molecular flexibility index (Phi) is 5.39. The summed E-state index contributed by atoms with van der Waals surface area (Å²) >= 11 is 6.40. The number of benzene rings is 1. The van der Waals surface area contributed by atoms with Crippen LogP contribution in [0.4, 0.5) is 0 Å². The van der Waals surface area contributed by atoms with Crippen molar-refractivity contribution in [3.8, 4) is 0 Å². The Hall–Kier alpha value is -2.07. The molecule has 1 aliphatic carbocycles. The summed E-state index contributed by atoms with van der Waals surface area (Å²) in [5, 5.41) is 3.21. The normalized spacial score (nSPS) is 15.4. The fraction of sp³-hybridized carbons (Fsp3) is 0.294. The molecule has 0 saturated heterocycles. The molecule has 1 atom stereocenters. The molecule has 0 spiro atoms. The van der Waals surface area contributed by atoms with E-state index in [-0.39, 0.29) is 5.91 Å². The van der Waals surface area contributed by atoms with Crippen LogP contribution in [0.3, 0.4) is 0 Å². The molecule has 0 radical (unpaired) electrons. The molecule has 1 amide bonds. The zero-order valence-corrected chi connectivity index (χ0v) is 13.3. The number of esters is 1. The second-order valence-electron chi connectivity index (χ2n) is 5.08. The molecule has 2 rings (SSSR count). The van der Waals surface area contributed by atoms with Crippen LogP contribution in [0.1, 0.15) is 24.5 Å². The smallest absolute Gasteiger partial charge is 0.328 e. The van der Waals surface area contributed by atoms with Crippen molar-refractivity contribution < 1.29 is 14.3 Å². The summed E-state index contributed by atoms with van der Waals surface area (Å²) in [5.41, 5.74) is 3.15. The molecule has 0 saturated carbocycles. The lowest BCUT2D eigenvalue weighted by Crippen LogP contribution is -2.38. The maximum atomic E-state index is 11.8. The van der Waals surface area contributed by atoms with Crippen molar-refractivity contribution in [3.63, 3.8) is 0 Å². The molecular formula is C17H18ClNO3. The molecule has 4 nitrogen and oxygen atoms in total. The number of hydrogen-bond donors (Lipinski definition) is 1. The number of carbonyl (C=O) groups excluding carboxylic acids is 2. The van der Waals surface area contributed by atoms with Gasteiger partial charge < -0.3 is 10.1 Å². The van der Waals surface area contributed by atoms with Crippen LogP contribution in [0.15, 0.2) is 42.0 Å². The number of carbonyl (C=O) groups is 2. The second kappa shape index (κ2) is 7.27. The highest BCUT2D eigenvalue weighted by atomic mass is 35.5. The summed E-state index contributed by atoms with van der Waals surface area (Å²) in [6, 6.07) is 7.29. The van der Waals surface area contributed by atoms with Crippen LogP contribution in [0, 0.1) is 0 Å². The third-order valence-electron chi connectivity index (χ3n) is 3.55. The Morgan fingerprint density at radius 3 is 2.77 bits per heavy atom. The third kappa shape index (κ3) is 3.77. The first-order chi connectivity index (χ1) is 10.5. The summed E-state index contributed by atoms with van der Waals surface area (Å²) in [5.74, 6) is -0.834. The predicted octanol–water partition coefficient (Wildman–Crippen LogP) is 2.82. The number of amides is 1. The molecule has 1 aliphatic rings. The van der Waals surface area contributed by atoms with Crippen molar-refractivity contribution >= 4 is 28.5 Å². The Bertz CT molecular complexity index is 649. The van der Waals surface area contributed by atoms with Gasteiger partial charge >= 0.3 is 5.97 Å². The minimum atomic E-state index is -0.682. The Morgan fingerprint density at radius 2 is 2.05 bits per heavy atom. The van der Waals surface area contributed by atoms with Gasteiger partial charge in [0.25, 0.3) is 0 Å². The minimum Gasteiger partial charge on any atom is -0.467 e. The highest BCUT2D eigenvalue weighted by Crippen LogP contribution is 2.34. The van der Waals surface area contributed by atoms with Crippen LogP contribution in [-0.4, -0.2) is 25.0 Å². The van der Waals surface area contributed by atoms with Crippen molar-refractivity contribution in [1.82, 2.24) is 5.32 Å². The van der Waals surface area contributed by atoms with Crippen LogP contribution in [0.25, 0.3) is 5.03 Å². The number of fused-ring (bicyclic) bond motifs is 1. The molecule has 0 bridgehead atoms. The number of nitrogens with one attached hydrogen (secondary N) is 1. The predicted molar refractivity (Wildman–Crippen MR) is 86.3 cm³/mol. The van der Waals surface area contributed by atoms with Crippen molar-refractivity contribution in [1.29, 1.82) is 0 Å². The van der Waals surface area contributed by atoms with Gasteiger partial charge in [-0.1, -0.05) is 41.9 Å². The zero-order valence-electron chi connectivity index (χ0n) is 12.6. The average molecular weight is 320 g/mol. The van der Waals surface area contributed by atoms with E-state index in [1.165, 1.54) is 18.7 Å². The van der Waals surface area contributed by atoms with E-state index in [0.29, 0.717) is 5.03 Å². The quantitative estimate of drug-likeness (QED) is 0.686. The summed E-state index contributed by atoms with van der Waals surface area (Å²) in [7, 11) is 1.28. The molecule has 0 fully saturated rings. The van der Waals surface area contributed by atoms with Gasteiger partial charge in [0, 0.05) is 6.08 Å². The molecular weight excluding hydrogens is 302 g/mol. The molecule has 0 unspecified atom stereocenters. The van der Waals surface area contributed by atoms with Gasteiger partial charge in [-0.3, -0.25) is 4.79 Å². The first-order valence-electron chi connectivity index (χ1n) is 7.06. The molecule has 0 aliphatic heterocycles. The van der Waals surface area contributed by atoms with Crippen LogP contribution in [0.2, 0.25) is 0 Å². The zero-order chi connectivity index (χ0) is 16.1. The molecule has 1 aromatic carbocycles. The van der Waals surface area contributed by atoms with E-state index in [0.717, 1.165) is 24.0 Å². The van der Waals surface area contributed by atoms with Gasteiger partial charge in [0.1, 0.15) is 6.04 Å². The van der Waals surface area contributed by atoms with Crippen LogP contribution in [-0.2, 0) is 20.7 Å². The summed E-state index contributed by atoms with van der Waals surface area (Å²) in [6.07, 6.45) is 4.78. The van der Waals surface area contributed by atoms with E-state index < -0.39 is 12.0 Å². The van der Waals surface area contributed by atoms with Gasteiger partial charge in [0.05, 0.1) is 12.1 Å². The fourth-order valence-corrected chi connectivity index (χ4v) is 2.68. The van der Waals surface area contributed by atoms with E-state index in [9.17, 15) is 9.59 Å². The maximum Gasteiger partial charge on any atom is 0.328 e. The Labute approximate surface area is 134 Å². The Balaban J connectivity index is 2.07. The highest BCUT2D eigenvalue weighted by molar-refractivity contribution is 6.49. The van der Waals surface area contributed by atoms with Crippen LogP contribution >= 0.6 is 11.6 Å². The van der Waals surface area contributed by atoms with Crippen molar-refractivity contribution in [2.75, 3.05) is 7.11 Å². The van der Waals surface area contributed by atoms with Gasteiger partial charge in [-0.25, -0.2) is 4.79 Å². The van der Waals surface area contributed by atoms with Crippen molar-refractivity contribution in [3.05, 3.63) is 53.1 Å². The van der Waals surface area contributed by atoms with Crippen molar-refractivity contribution in [2.45, 2.75) is 25.8 Å². The second-order valence-corrected chi connectivity index (χ2v) is 5.46. The van der Waals surface area contributed by atoms with Crippen molar-refractivity contribution in [2.24, 2.45) is 0 Å². The number of ether oxygens (including phenoxy) is 1. The lowest BCUT2D eigenvalue weighted by molar-refractivity contribution is -0.144.